The van der Waals surface area contributed by atoms with Gasteiger partial charge in [0.25, 0.3) is 5.88 Å². The van der Waals surface area contributed by atoms with E-state index in [-0.39, 0.29) is 34.1 Å². The van der Waals surface area contributed by atoms with Gasteiger partial charge in [-0.1, -0.05) is 0 Å². The van der Waals surface area contributed by atoms with Gasteiger partial charge in [0, 0.05) is 0 Å². The van der Waals surface area contributed by atoms with E-state index in [1.165, 1.54) is 58.7 Å². The summed E-state index contributed by atoms with van der Waals surface area (Å²) in [5, 5.41) is 19.0. The maximum Gasteiger partial charge on any atom is 0.225 e. The number of carbonyl (C=O) groups excluding carboxylic acids is 1. The number of amidine groups is 1. The molecule has 0 amide bonds. The Morgan fingerprint density at radius 3 is 2.44 bits per heavy atom. The molecule has 43 heavy (non-hydrogen) atoms. The van der Waals surface area contributed by atoms with Crippen LogP contribution in [0.4, 0.5) is 17.2 Å². The Bertz CT molecular complexity index is 1700. The first-order chi connectivity index (χ1) is 20.6. The number of benzene rings is 2. The van der Waals surface area contributed by atoms with Crippen LogP contribution in [0.5, 0.6) is 11.6 Å². The summed E-state index contributed by atoms with van der Waals surface area (Å²) < 4.78 is 48.7. The largest absolute Gasteiger partial charge is 0.489 e. The van der Waals surface area contributed by atoms with Crippen LogP contribution in [0.3, 0.4) is 0 Å². The molecular formula is C25H24N8O6PbS3. The van der Waals surface area contributed by atoms with E-state index in [9.17, 15) is 13.2 Å². The minimum Gasteiger partial charge on any atom is -0.489 e. The first kappa shape index (κ1) is 32.4. The molecule has 0 saturated carbocycles. The summed E-state index contributed by atoms with van der Waals surface area (Å²) in [6.45, 7) is 3.15. The molecule has 2 N–H and O–H groups in total. The van der Waals surface area contributed by atoms with Crippen molar-refractivity contribution in [1.29, 1.82) is 5.41 Å². The molecular weight excluding hydrogens is 812 g/mol. The minimum absolute atomic E-state index is 0.0410. The van der Waals surface area contributed by atoms with Crippen molar-refractivity contribution in [2.45, 2.75) is 18.7 Å². The number of ether oxygens (including phenoxy) is 2. The van der Waals surface area contributed by atoms with Gasteiger partial charge >= 0.3 is 217 Å². The van der Waals surface area contributed by atoms with Gasteiger partial charge in [-0.05, 0) is 0 Å². The van der Waals surface area contributed by atoms with Crippen LogP contribution in [0, 0.1) is 5.41 Å². The number of hydrazone groups is 1. The van der Waals surface area contributed by atoms with E-state index in [2.05, 4.69) is 29.4 Å². The molecule has 0 unspecified atom stereocenters. The van der Waals surface area contributed by atoms with Crippen LogP contribution in [0.25, 0.3) is 0 Å². The normalized spacial score (nSPS) is 14.5. The summed E-state index contributed by atoms with van der Waals surface area (Å²) in [6.07, 6.45) is 1.15. The minimum atomic E-state index is -4.03. The molecule has 14 nitrogen and oxygen atoms in total. The molecule has 222 valence electrons. The molecule has 18 heteroatoms. The van der Waals surface area contributed by atoms with Gasteiger partial charge in [0.15, 0.2) is 0 Å². The maximum atomic E-state index is 13.0. The SMILES string of the molecule is COc1ncnc(NS(=O)(=O)c2ccc(N=NS/C([S][Pb][O]C(C)=O)=C3\C(=N)N(c4ccccc4)N=C3C)cc2)c1OC. The number of methoxy groups -OCH3 is 2. The van der Waals surface area contributed by atoms with Crippen LogP contribution in [0.15, 0.2) is 90.4 Å². The number of para-hydroxylation sites is 1. The quantitative estimate of drug-likeness (QED) is 0.143. The Hall–Kier alpha value is -3.56. The summed E-state index contributed by atoms with van der Waals surface area (Å²) in [5.41, 5.74) is 2.32. The third kappa shape index (κ3) is 8.09. The van der Waals surface area contributed by atoms with Gasteiger partial charge < -0.3 is 9.47 Å². The third-order valence-electron chi connectivity index (χ3n) is 5.41. The van der Waals surface area contributed by atoms with Gasteiger partial charge in [-0.2, -0.15) is 4.98 Å². The van der Waals surface area contributed by atoms with Crippen LogP contribution < -0.4 is 19.2 Å². The van der Waals surface area contributed by atoms with E-state index in [0.717, 1.165) is 24.0 Å². The molecule has 3 aromatic rings. The van der Waals surface area contributed by atoms with Crippen LogP contribution >= 0.6 is 20.3 Å². The molecule has 0 atom stereocenters. The number of nitrogens with zero attached hydrogens (tertiary/aromatic N) is 6. The first-order valence-corrected chi connectivity index (χ1v) is 21.5. The average molecular weight is 836 g/mol. The molecule has 4 rings (SSSR count). The van der Waals surface area contributed by atoms with Crippen molar-refractivity contribution in [2.75, 3.05) is 24.0 Å². The van der Waals surface area contributed by atoms with E-state index in [1.807, 2.05) is 30.3 Å². The summed E-state index contributed by atoms with van der Waals surface area (Å²) in [6, 6.07) is 15.0. The standard InChI is InChI=1S/C23H22N8O4S3.C2H4O2.Pb/c1-14-18(20(24)31(28-14)16-7-5-4-6-8-16)23(36)37-30-27-15-9-11-17(12-10-15)38(32,33)29-21-19(34-2)22(35-3)26-13-25-21;1-2(3)4;/h4-13,24,36H,1-3H3,(H,25,26,29);1H3,(H,3,4);/q;;+2/p-2/b23-18-,24-20?,30-27?;;. The number of anilines is 2. The molecule has 2 radical (unpaired) electrons. The van der Waals surface area contributed by atoms with Crippen LogP contribution in [-0.2, 0) is 17.5 Å². The topological polar surface area (TPSA) is 181 Å². The zero-order valence-electron chi connectivity index (χ0n) is 23.1. The number of hydrogen-bond acceptors (Lipinski definition) is 14. The fourth-order valence-electron chi connectivity index (χ4n) is 3.50. The van der Waals surface area contributed by atoms with Gasteiger partial charge in [-0.25, -0.2) is 4.98 Å². The van der Waals surface area contributed by atoms with Crippen molar-refractivity contribution in [3.05, 3.63) is 70.7 Å². The van der Waals surface area contributed by atoms with Crippen molar-refractivity contribution in [2.24, 2.45) is 14.7 Å². The van der Waals surface area contributed by atoms with Crippen molar-refractivity contribution < 1.29 is 25.4 Å². The zero-order chi connectivity index (χ0) is 31.0. The number of aromatic nitrogens is 2. The van der Waals surface area contributed by atoms with Crippen molar-refractivity contribution >= 4 is 88.2 Å². The van der Waals surface area contributed by atoms with Crippen molar-refractivity contribution in [3.63, 3.8) is 0 Å². The Kier molecular flexibility index (Phi) is 11.1. The average Bonchev–Trinajstić information content (AvgIpc) is 3.29. The van der Waals surface area contributed by atoms with E-state index < -0.39 is 33.2 Å². The molecule has 1 aromatic heterocycles. The summed E-state index contributed by atoms with van der Waals surface area (Å²) >= 11 is -0.893. The smallest absolute Gasteiger partial charge is 0.225 e. The van der Waals surface area contributed by atoms with Crippen LogP contribution in [0.1, 0.15) is 13.8 Å². The molecule has 0 bridgehead atoms. The molecule has 2 aromatic carbocycles. The molecule has 0 saturated heterocycles. The first-order valence-electron chi connectivity index (χ1n) is 12.1. The van der Waals surface area contributed by atoms with E-state index in [4.69, 9.17) is 17.6 Å². The van der Waals surface area contributed by atoms with Gasteiger partial charge in [-0.15, -0.1) is 0 Å². The van der Waals surface area contributed by atoms with Crippen molar-refractivity contribution in [1.82, 2.24) is 9.97 Å². The number of rotatable bonds is 12. The Labute approximate surface area is 267 Å². The second-order valence-electron chi connectivity index (χ2n) is 8.26. The van der Waals surface area contributed by atoms with Crippen LogP contribution in [0.2, 0.25) is 0 Å². The van der Waals surface area contributed by atoms with E-state index >= 15 is 0 Å². The molecule has 2 heterocycles. The second-order valence-corrected chi connectivity index (χ2v) is 16.9. The third-order valence-corrected chi connectivity index (χ3v) is 15.5. The van der Waals surface area contributed by atoms with Gasteiger partial charge in [-0.3, -0.25) is 0 Å². The Morgan fingerprint density at radius 1 is 1.07 bits per heavy atom. The summed E-state index contributed by atoms with van der Waals surface area (Å²) in [5.74, 6) is -0.144. The van der Waals surface area contributed by atoms with Crippen molar-refractivity contribution in [3.8, 4) is 11.6 Å². The predicted molar refractivity (Wildman–Crippen MR) is 166 cm³/mol. The second kappa shape index (κ2) is 14.8. The maximum absolute atomic E-state index is 13.0. The Balaban J connectivity index is 1.52. The predicted octanol–water partition coefficient (Wildman–Crippen LogP) is 4.94. The monoisotopic (exact) mass is 836 g/mol. The van der Waals surface area contributed by atoms with E-state index in [1.54, 1.807) is 6.92 Å². The molecule has 0 fully saturated rings. The van der Waals surface area contributed by atoms with E-state index in [0.29, 0.717) is 21.2 Å². The van der Waals surface area contributed by atoms with Crippen LogP contribution in [-0.4, -0.2) is 73.3 Å². The number of sulfonamides is 1. The zero-order valence-corrected chi connectivity index (χ0v) is 29.5. The fraction of sp³-hybridized carbons (Fsp3) is 0.160. The number of nitrogens with one attached hydrogen (secondary N) is 2. The Morgan fingerprint density at radius 2 is 1.79 bits per heavy atom. The molecule has 0 spiro atoms. The number of carbonyl (C=O) groups is 1. The van der Waals surface area contributed by atoms with Gasteiger partial charge in [0.1, 0.15) is 6.33 Å². The summed E-state index contributed by atoms with van der Waals surface area (Å²) in [4.78, 5) is 19.2. The fourth-order valence-corrected chi connectivity index (χ4v) is 12.0. The van der Waals surface area contributed by atoms with Gasteiger partial charge in [0.2, 0.25) is 5.75 Å². The van der Waals surface area contributed by atoms with Gasteiger partial charge in [0.05, 0.1) is 14.2 Å². The number of hydrogen-bond donors (Lipinski definition) is 2. The molecule has 0 aliphatic carbocycles. The molecule has 1 aliphatic heterocycles. The summed E-state index contributed by atoms with van der Waals surface area (Å²) in [7, 11) is 0.0657. The molecule has 1 aliphatic rings.